The van der Waals surface area contributed by atoms with Crippen molar-refractivity contribution in [1.82, 2.24) is 4.98 Å². The number of carbonyl (C=O) groups is 1. The average molecular weight is 182 g/mol. The monoisotopic (exact) mass is 182 g/mol. The summed E-state index contributed by atoms with van der Waals surface area (Å²) in [5.41, 5.74) is 1.59. The molecule has 1 aliphatic heterocycles. The van der Waals surface area contributed by atoms with Gasteiger partial charge in [-0.2, -0.15) is 0 Å². The molecule has 1 amide bonds. The molecule has 3 heteroatoms. The van der Waals surface area contributed by atoms with Crippen LogP contribution in [0.3, 0.4) is 0 Å². The van der Waals surface area contributed by atoms with E-state index in [0.717, 1.165) is 16.1 Å². The molecule has 0 saturated carbocycles. The molecule has 1 aromatic rings. The van der Waals surface area contributed by atoms with Crippen molar-refractivity contribution in [1.29, 1.82) is 0 Å². The van der Waals surface area contributed by atoms with Gasteiger partial charge in [-0.3, -0.25) is 9.78 Å². The predicted molar refractivity (Wildman–Crippen MR) is 52.9 cm³/mol. The molecule has 0 bridgehead atoms. The maximum absolute atomic E-state index is 11.5. The molecule has 0 atom stereocenters. The Kier molecular flexibility index (Phi) is 1.31. The zero-order valence-electron chi connectivity index (χ0n) is 7.27. The zero-order chi connectivity index (χ0) is 9.54. The lowest BCUT2D eigenvalue weighted by molar-refractivity contribution is -0.112. The summed E-state index contributed by atoms with van der Waals surface area (Å²) in [5, 5.41) is 1.74. The van der Waals surface area contributed by atoms with Gasteiger partial charge in [0.15, 0.2) is 0 Å². The number of nitrogens with zero attached hydrogens (tertiary/aromatic N) is 2. The van der Waals surface area contributed by atoms with E-state index in [0.29, 0.717) is 5.57 Å². The highest BCUT2D eigenvalue weighted by Crippen LogP contribution is 2.17. The molecule has 0 radical (unpaired) electrons. The predicted octanol–water partition coefficient (Wildman–Crippen LogP) is -0.436. The fourth-order valence-corrected chi connectivity index (χ4v) is 1.74. The van der Waals surface area contributed by atoms with E-state index in [9.17, 15) is 4.79 Å². The first-order chi connectivity index (χ1) is 6.86. The molecule has 0 aromatic carbocycles. The van der Waals surface area contributed by atoms with E-state index in [-0.39, 0.29) is 5.91 Å². The van der Waals surface area contributed by atoms with Crippen LogP contribution in [-0.2, 0) is 4.79 Å². The van der Waals surface area contributed by atoms with Gasteiger partial charge in [0.05, 0.1) is 10.9 Å². The molecule has 2 heterocycles. The normalized spacial score (nSPS) is 17.3. The number of fused-ring (bicyclic) bond motifs is 2. The van der Waals surface area contributed by atoms with Crippen LogP contribution < -0.4 is 10.6 Å². The molecule has 1 aromatic heterocycles. The second-order valence-corrected chi connectivity index (χ2v) is 3.16. The van der Waals surface area contributed by atoms with Crippen molar-refractivity contribution >= 4 is 23.8 Å². The van der Waals surface area contributed by atoms with Crippen molar-refractivity contribution < 1.29 is 4.79 Å². The van der Waals surface area contributed by atoms with Gasteiger partial charge in [-0.1, -0.05) is 6.07 Å². The van der Waals surface area contributed by atoms with Crippen LogP contribution in [0.4, 0.5) is 0 Å². The summed E-state index contributed by atoms with van der Waals surface area (Å²) in [6.07, 6.45) is 6.99. The summed E-state index contributed by atoms with van der Waals surface area (Å²) < 4.78 is 0. The number of allylic oxidation sites excluding steroid dienone is 1. The number of pyridine rings is 1. The molecule has 14 heavy (non-hydrogen) atoms. The van der Waals surface area contributed by atoms with Crippen LogP contribution in [0.25, 0.3) is 11.6 Å². The van der Waals surface area contributed by atoms with Crippen molar-refractivity contribution in [3.8, 4) is 0 Å². The van der Waals surface area contributed by atoms with Gasteiger partial charge < -0.3 is 0 Å². The van der Waals surface area contributed by atoms with Crippen LogP contribution in [0.1, 0.15) is 0 Å². The number of amides is 1. The largest absolute Gasteiger partial charge is 0.278 e. The fourth-order valence-electron chi connectivity index (χ4n) is 1.74. The van der Waals surface area contributed by atoms with Crippen LogP contribution in [-0.4, -0.2) is 17.1 Å². The van der Waals surface area contributed by atoms with Crippen LogP contribution in [0.2, 0.25) is 0 Å². The third-order valence-corrected chi connectivity index (χ3v) is 2.35. The standard InChI is InChI=1S/C11H6N2O/c14-11-10-7(3-5-13-11)6-9-8(10)2-1-4-12-9/h1-6H. The Hall–Kier alpha value is -2.03. The lowest BCUT2D eigenvalue weighted by Crippen LogP contribution is -2.27. The fraction of sp³-hybridized carbons (Fsp3) is 0. The van der Waals surface area contributed by atoms with E-state index in [4.69, 9.17) is 0 Å². The number of aliphatic imine (C=N–C) groups is 1. The summed E-state index contributed by atoms with van der Waals surface area (Å²) >= 11 is 0. The summed E-state index contributed by atoms with van der Waals surface area (Å²) in [5.74, 6) is -0.175. The minimum Gasteiger partial charge on any atom is -0.267 e. The number of rotatable bonds is 0. The summed E-state index contributed by atoms with van der Waals surface area (Å²) in [7, 11) is 0. The summed E-state index contributed by atoms with van der Waals surface area (Å²) in [4.78, 5) is 19.5. The van der Waals surface area contributed by atoms with Crippen molar-refractivity contribution in [2.75, 3.05) is 0 Å². The number of hydrogen-bond acceptors (Lipinski definition) is 2. The van der Waals surface area contributed by atoms with Gasteiger partial charge in [0.25, 0.3) is 5.91 Å². The number of aromatic nitrogens is 1. The molecular formula is C11H6N2O. The zero-order valence-corrected chi connectivity index (χ0v) is 7.27. The first-order valence-electron chi connectivity index (χ1n) is 4.32. The Morgan fingerprint density at radius 3 is 3.14 bits per heavy atom. The summed E-state index contributed by atoms with van der Waals surface area (Å²) in [6.45, 7) is 0. The Labute approximate surface area is 79.8 Å². The molecule has 0 fully saturated rings. The second kappa shape index (κ2) is 2.48. The molecule has 2 aliphatic rings. The van der Waals surface area contributed by atoms with Gasteiger partial charge >= 0.3 is 0 Å². The van der Waals surface area contributed by atoms with Gasteiger partial charge in [0, 0.05) is 17.6 Å². The molecule has 3 nitrogen and oxygen atoms in total. The Morgan fingerprint density at radius 2 is 2.21 bits per heavy atom. The van der Waals surface area contributed by atoms with Gasteiger partial charge in [0.1, 0.15) is 0 Å². The van der Waals surface area contributed by atoms with Crippen molar-refractivity contribution in [2.24, 2.45) is 4.99 Å². The van der Waals surface area contributed by atoms with Crippen LogP contribution in [0.15, 0.2) is 35.0 Å². The Morgan fingerprint density at radius 1 is 1.29 bits per heavy atom. The molecular weight excluding hydrogens is 176 g/mol. The summed E-state index contributed by atoms with van der Waals surface area (Å²) in [6, 6.07) is 3.72. The van der Waals surface area contributed by atoms with Crippen molar-refractivity contribution in [3.63, 3.8) is 0 Å². The highest BCUT2D eigenvalue weighted by Gasteiger charge is 2.19. The minimum absolute atomic E-state index is 0.175. The van der Waals surface area contributed by atoms with E-state index in [1.165, 1.54) is 6.21 Å². The molecule has 1 aliphatic carbocycles. The van der Waals surface area contributed by atoms with E-state index >= 15 is 0 Å². The quantitative estimate of drug-likeness (QED) is 0.546. The van der Waals surface area contributed by atoms with Crippen LogP contribution in [0.5, 0.6) is 0 Å². The van der Waals surface area contributed by atoms with Gasteiger partial charge in [-0.15, -0.1) is 0 Å². The Balaban J connectivity index is 2.51. The first kappa shape index (κ1) is 7.38. The van der Waals surface area contributed by atoms with E-state index < -0.39 is 0 Å². The van der Waals surface area contributed by atoms with E-state index in [1.807, 2.05) is 24.3 Å². The third-order valence-electron chi connectivity index (χ3n) is 2.35. The molecule has 0 N–H and O–H groups in total. The number of carbonyl (C=O) groups excluding carboxylic acids is 1. The van der Waals surface area contributed by atoms with Crippen LogP contribution >= 0.6 is 0 Å². The highest BCUT2D eigenvalue weighted by atomic mass is 16.1. The molecule has 0 unspecified atom stereocenters. The number of dihydropyridines is 1. The highest BCUT2D eigenvalue weighted by molar-refractivity contribution is 6.27. The smallest absolute Gasteiger partial charge is 0.267 e. The second-order valence-electron chi connectivity index (χ2n) is 3.16. The lowest BCUT2D eigenvalue weighted by atomic mass is 10.1. The lowest BCUT2D eigenvalue weighted by Gasteiger charge is -2.02. The molecule has 0 spiro atoms. The van der Waals surface area contributed by atoms with Gasteiger partial charge in [0.2, 0.25) is 0 Å². The van der Waals surface area contributed by atoms with Gasteiger partial charge in [-0.05, 0) is 23.8 Å². The average Bonchev–Trinajstić information content (AvgIpc) is 2.57. The van der Waals surface area contributed by atoms with E-state index in [1.54, 1.807) is 6.20 Å². The van der Waals surface area contributed by atoms with Crippen LogP contribution in [0, 0.1) is 0 Å². The third kappa shape index (κ3) is 0.836. The molecule has 3 rings (SSSR count). The van der Waals surface area contributed by atoms with Gasteiger partial charge in [-0.25, -0.2) is 4.99 Å². The topological polar surface area (TPSA) is 42.3 Å². The van der Waals surface area contributed by atoms with Crippen molar-refractivity contribution in [3.05, 3.63) is 40.5 Å². The van der Waals surface area contributed by atoms with E-state index in [2.05, 4.69) is 9.98 Å². The maximum atomic E-state index is 11.5. The number of hydrogen-bond donors (Lipinski definition) is 0. The molecule has 0 saturated heterocycles. The maximum Gasteiger partial charge on any atom is 0.278 e. The molecule has 66 valence electrons. The Bertz CT molecular complexity index is 608. The van der Waals surface area contributed by atoms with Crippen molar-refractivity contribution in [2.45, 2.75) is 0 Å². The minimum atomic E-state index is -0.175. The first-order valence-corrected chi connectivity index (χ1v) is 4.32. The SMILES string of the molecule is O=C1N=CC=C2C=c3ncccc3=C12.